The van der Waals surface area contributed by atoms with Gasteiger partial charge in [-0.15, -0.1) is 0 Å². The molecule has 0 saturated carbocycles. The highest BCUT2D eigenvalue weighted by atomic mass is 16.5. The highest BCUT2D eigenvalue weighted by Gasteiger charge is 2.09. The summed E-state index contributed by atoms with van der Waals surface area (Å²) in [5.41, 5.74) is 0.504. The number of hydrogen-bond acceptors (Lipinski definition) is 4. The zero-order valence-corrected chi connectivity index (χ0v) is 13.9. The molecule has 0 bridgehead atoms. The number of carbonyl (C=O) groups is 1. The number of ether oxygens (including phenoxy) is 1. The zero-order valence-electron chi connectivity index (χ0n) is 13.9. The van der Waals surface area contributed by atoms with Gasteiger partial charge in [-0.1, -0.05) is 30.3 Å². The lowest BCUT2D eigenvalue weighted by atomic mass is 10.2. The van der Waals surface area contributed by atoms with Crippen LogP contribution in [-0.4, -0.2) is 22.1 Å². The van der Waals surface area contributed by atoms with Crippen LogP contribution in [0.15, 0.2) is 59.4 Å². The third-order valence-corrected chi connectivity index (χ3v) is 3.86. The van der Waals surface area contributed by atoms with Crippen molar-refractivity contribution in [3.63, 3.8) is 0 Å². The van der Waals surface area contributed by atoms with Gasteiger partial charge in [0.1, 0.15) is 11.6 Å². The van der Waals surface area contributed by atoms with Crippen LogP contribution in [0.3, 0.4) is 0 Å². The maximum atomic E-state index is 12.3. The zero-order chi connectivity index (χ0) is 17.6. The number of hydrogen-bond donors (Lipinski definition) is 1. The average molecular weight is 337 g/mol. The lowest BCUT2D eigenvalue weighted by Gasteiger charge is -2.10. The van der Waals surface area contributed by atoms with E-state index in [4.69, 9.17) is 4.74 Å². The van der Waals surface area contributed by atoms with Crippen molar-refractivity contribution in [3.05, 3.63) is 70.8 Å². The second-order valence-electron chi connectivity index (χ2n) is 5.60. The molecule has 1 amide bonds. The second kappa shape index (κ2) is 7.61. The summed E-state index contributed by atoms with van der Waals surface area (Å²) in [6.45, 7) is 0.487. The molecule has 6 heteroatoms. The van der Waals surface area contributed by atoms with E-state index in [1.54, 1.807) is 25.2 Å². The normalized spacial score (nSPS) is 10.6. The van der Waals surface area contributed by atoms with Crippen molar-refractivity contribution >= 4 is 16.8 Å². The van der Waals surface area contributed by atoms with Crippen LogP contribution in [0.25, 0.3) is 10.9 Å². The van der Waals surface area contributed by atoms with Crippen molar-refractivity contribution in [1.82, 2.24) is 14.9 Å². The fraction of sp³-hybridized carbons (Fsp3) is 0.211. The molecule has 1 heterocycles. The van der Waals surface area contributed by atoms with Crippen molar-refractivity contribution in [1.29, 1.82) is 0 Å². The number of nitrogens with one attached hydrogen (secondary N) is 1. The highest BCUT2D eigenvalue weighted by molar-refractivity contribution is 5.78. The molecule has 1 aromatic heterocycles. The van der Waals surface area contributed by atoms with Crippen molar-refractivity contribution in [2.45, 2.75) is 13.0 Å². The van der Waals surface area contributed by atoms with Gasteiger partial charge in [0.15, 0.2) is 0 Å². The number of para-hydroxylation sites is 2. The van der Waals surface area contributed by atoms with Gasteiger partial charge in [-0.25, -0.2) is 4.98 Å². The number of aromatic nitrogens is 2. The first-order valence-corrected chi connectivity index (χ1v) is 8.04. The van der Waals surface area contributed by atoms with Crippen LogP contribution in [0, 0.1) is 0 Å². The Labute approximate surface area is 145 Å². The van der Waals surface area contributed by atoms with E-state index < -0.39 is 0 Å². The predicted molar refractivity (Wildman–Crippen MR) is 95.4 cm³/mol. The smallest absolute Gasteiger partial charge is 0.261 e. The number of carbonyl (C=O) groups excluding carboxylic acids is 1. The third kappa shape index (κ3) is 4.03. The van der Waals surface area contributed by atoms with E-state index in [1.807, 2.05) is 36.4 Å². The SMILES string of the molecule is Cn1c(CNC(=O)CCOc2ccccc2)nc2ccccc2c1=O. The maximum absolute atomic E-state index is 12.3. The number of benzene rings is 2. The molecule has 3 rings (SSSR count). The van der Waals surface area contributed by atoms with E-state index in [-0.39, 0.29) is 24.4 Å². The topological polar surface area (TPSA) is 73.2 Å². The maximum Gasteiger partial charge on any atom is 0.261 e. The first-order chi connectivity index (χ1) is 12.1. The molecule has 3 aromatic rings. The first kappa shape index (κ1) is 16.7. The number of nitrogens with zero attached hydrogens (tertiary/aromatic N) is 2. The van der Waals surface area contributed by atoms with Gasteiger partial charge in [-0.2, -0.15) is 0 Å². The van der Waals surface area contributed by atoms with Crippen molar-refractivity contribution in [3.8, 4) is 5.75 Å². The Morgan fingerprint density at radius 1 is 1.12 bits per heavy atom. The summed E-state index contributed by atoms with van der Waals surface area (Å²) < 4.78 is 6.96. The molecule has 6 nitrogen and oxygen atoms in total. The average Bonchev–Trinajstić information content (AvgIpc) is 2.64. The largest absolute Gasteiger partial charge is 0.493 e. The Kier molecular flexibility index (Phi) is 5.09. The fourth-order valence-electron chi connectivity index (χ4n) is 2.47. The summed E-state index contributed by atoms with van der Waals surface area (Å²) in [4.78, 5) is 28.7. The van der Waals surface area contributed by atoms with E-state index in [0.29, 0.717) is 23.3 Å². The Hall–Kier alpha value is -3.15. The Bertz CT molecular complexity index is 936. The number of fused-ring (bicyclic) bond motifs is 1. The van der Waals surface area contributed by atoms with E-state index >= 15 is 0 Å². The predicted octanol–water partition coefficient (Wildman–Crippen LogP) is 2.02. The molecular weight excluding hydrogens is 318 g/mol. The molecule has 0 aliphatic heterocycles. The summed E-state index contributed by atoms with van der Waals surface area (Å²) in [6.07, 6.45) is 0.233. The molecule has 0 aliphatic carbocycles. The van der Waals surface area contributed by atoms with Gasteiger partial charge in [0.05, 0.1) is 30.5 Å². The Morgan fingerprint density at radius 3 is 2.64 bits per heavy atom. The molecule has 25 heavy (non-hydrogen) atoms. The van der Waals surface area contributed by atoms with Gasteiger partial charge in [0.25, 0.3) is 5.56 Å². The monoisotopic (exact) mass is 337 g/mol. The molecule has 128 valence electrons. The summed E-state index contributed by atoms with van der Waals surface area (Å²) >= 11 is 0. The van der Waals surface area contributed by atoms with Gasteiger partial charge in [-0.05, 0) is 24.3 Å². The molecular formula is C19H19N3O3. The van der Waals surface area contributed by atoms with Gasteiger partial charge in [-0.3, -0.25) is 14.2 Å². The Morgan fingerprint density at radius 2 is 1.84 bits per heavy atom. The third-order valence-electron chi connectivity index (χ3n) is 3.86. The Balaban J connectivity index is 1.58. The van der Waals surface area contributed by atoms with E-state index in [0.717, 1.165) is 5.75 Å². The molecule has 0 fully saturated rings. The second-order valence-corrected chi connectivity index (χ2v) is 5.60. The van der Waals surface area contributed by atoms with Gasteiger partial charge in [0.2, 0.25) is 5.91 Å². The molecule has 2 aromatic carbocycles. The fourth-order valence-corrected chi connectivity index (χ4v) is 2.47. The standard InChI is InChI=1S/C19H19N3O3/c1-22-17(21-16-10-6-5-9-15(16)19(22)24)13-20-18(23)11-12-25-14-7-3-2-4-8-14/h2-10H,11-13H2,1H3,(H,20,23). The van der Waals surface area contributed by atoms with Gasteiger partial charge < -0.3 is 10.1 Å². The van der Waals surface area contributed by atoms with Crippen LogP contribution < -0.4 is 15.6 Å². The van der Waals surface area contributed by atoms with Crippen molar-refractivity contribution < 1.29 is 9.53 Å². The summed E-state index contributed by atoms with van der Waals surface area (Å²) in [5, 5.41) is 3.34. The van der Waals surface area contributed by atoms with E-state index in [1.165, 1.54) is 4.57 Å². The van der Waals surface area contributed by atoms with Crippen LogP contribution in [0.2, 0.25) is 0 Å². The van der Waals surface area contributed by atoms with E-state index in [2.05, 4.69) is 10.3 Å². The first-order valence-electron chi connectivity index (χ1n) is 8.04. The van der Waals surface area contributed by atoms with Crippen LogP contribution in [0.4, 0.5) is 0 Å². The molecule has 0 saturated heterocycles. The number of amides is 1. The van der Waals surface area contributed by atoms with Crippen LogP contribution in [0.1, 0.15) is 12.2 Å². The van der Waals surface area contributed by atoms with Gasteiger partial charge >= 0.3 is 0 Å². The minimum Gasteiger partial charge on any atom is -0.493 e. The minimum atomic E-state index is -0.154. The molecule has 0 radical (unpaired) electrons. The molecule has 0 aliphatic rings. The molecule has 0 spiro atoms. The lowest BCUT2D eigenvalue weighted by molar-refractivity contribution is -0.121. The summed E-state index contributed by atoms with van der Waals surface area (Å²) in [7, 11) is 1.65. The molecule has 0 unspecified atom stereocenters. The van der Waals surface area contributed by atoms with Crippen molar-refractivity contribution in [2.75, 3.05) is 6.61 Å². The summed E-state index contributed by atoms with van der Waals surface area (Å²) in [5.74, 6) is 1.09. The van der Waals surface area contributed by atoms with Crippen LogP contribution in [0.5, 0.6) is 5.75 Å². The minimum absolute atomic E-state index is 0.123. The van der Waals surface area contributed by atoms with Gasteiger partial charge in [0, 0.05) is 7.05 Å². The molecule has 1 N–H and O–H groups in total. The highest BCUT2D eigenvalue weighted by Crippen LogP contribution is 2.09. The molecule has 0 atom stereocenters. The number of rotatable bonds is 6. The quantitative estimate of drug-likeness (QED) is 0.747. The van der Waals surface area contributed by atoms with Crippen LogP contribution >= 0.6 is 0 Å². The van der Waals surface area contributed by atoms with Crippen LogP contribution in [-0.2, 0) is 18.4 Å². The van der Waals surface area contributed by atoms with E-state index in [9.17, 15) is 9.59 Å². The summed E-state index contributed by atoms with van der Waals surface area (Å²) in [6, 6.07) is 16.5. The lowest BCUT2D eigenvalue weighted by Crippen LogP contribution is -2.30. The van der Waals surface area contributed by atoms with Crippen molar-refractivity contribution in [2.24, 2.45) is 7.05 Å².